The summed E-state index contributed by atoms with van der Waals surface area (Å²) < 4.78 is 16.7. The summed E-state index contributed by atoms with van der Waals surface area (Å²) in [7, 11) is 1.60. The number of aryl methyl sites for hydroxylation is 1. The molecule has 28 heavy (non-hydrogen) atoms. The highest BCUT2D eigenvalue weighted by atomic mass is 19.1. The van der Waals surface area contributed by atoms with Crippen molar-refractivity contribution in [3.05, 3.63) is 88.2 Å². The number of benzene rings is 2. The molecule has 2 aromatic heterocycles. The standard InChI is InChI=1S/C20H16FN5O2/c1-25-17-7-6-14(21)11-16(17)19(27)18(24-25)20(28)23-15-5-2-4-13(10-15)12-26-9-3-8-22-26/h2-11H,12H2,1H3,(H,23,28). The zero-order chi connectivity index (χ0) is 19.7. The van der Waals surface area contributed by atoms with Gasteiger partial charge in [0.1, 0.15) is 5.82 Å². The second-order valence-electron chi connectivity index (χ2n) is 6.32. The summed E-state index contributed by atoms with van der Waals surface area (Å²) in [6, 6.07) is 12.9. The highest BCUT2D eigenvalue weighted by molar-refractivity contribution is 6.04. The van der Waals surface area contributed by atoms with Gasteiger partial charge in [-0.15, -0.1) is 0 Å². The first-order chi connectivity index (χ1) is 13.5. The number of anilines is 1. The van der Waals surface area contributed by atoms with Crippen LogP contribution >= 0.6 is 0 Å². The second kappa shape index (κ2) is 7.07. The Kier molecular flexibility index (Phi) is 4.44. The smallest absolute Gasteiger partial charge is 0.280 e. The van der Waals surface area contributed by atoms with E-state index in [0.717, 1.165) is 11.6 Å². The lowest BCUT2D eigenvalue weighted by Crippen LogP contribution is -2.26. The van der Waals surface area contributed by atoms with Crippen LogP contribution in [0.2, 0.25) is 0 Å². The number of hydrogen-bond acceptors (Lipinski definition) is 4. The molecule has 1 N–H and O–H groups in total. The minimum absolute atomic E-state index is 0.107. The molecule has 0 unspecified atom stereocenters. The molecule has 140 valence electrons. The summed E-state index contributed by atoms with van der Waals surface area (Å²) >= 11 is 0. The molecular formula is C20H16FN5O2. The normalized spacial score (nSPS) is 10.9. The maximum absolute atomic E-state index is 13.6. The number of fused-ring (bicyclic) bond motifs is 1. The van der Waals surface area contributed by atoms with Gasteiger partial charge in [0.25, 0.3) is 5.91 Å². The van der Waals surface area contributed by atoms with Crippen LogP contribution in [-0.4, -0.2) is 25.5 Å². The Hall–Kier alpha value is -3.81. The van der Waals surface area contributed by atoms with Gasteiger partial charge in [-0.25, -0.2) is 4.39 Å². The molecule has 0 radical (unpaired) electrons. The zero-order valence-electron chi connectivity index (χ0n) is 15.0. The Balaban J connectivity index is 1.64. The lowest BCUT2D eigenvalue weighted by atomic mass is 10.1. The Morgan fingerprint density at radius 1 is 1.18 bits per heavy atom. The molecule has 2 aromatic carbocycles. The van der Waals surface area contributed by atoms with E-state index in [1.165, 1.54) is 16.8 Å². The van der Waals surface area contributed by atoms with Gasteiger partial charge in [-0.3, -0.25) is 19.0 Å². The average Bonchev–Trinajstić information content (AvgIpc) is 3.17. The summed E-state index contributed by atoms with van der Waals surface area (Å²) in [5.74, 6) is -1.20. The van der Waals surface area contributed by atoms with Crippen molar-refractivity contribution in [2.24, 2.45) is 7.05 Å². The van der Waals surface area contributed by atoms with Crippen molar-refractivity contribution in [2.75, 3.05) is 5.32 Å². The van der Waals surface area contributed by atoms with E-state index >= 15 is 0 Å². The molecule has 4 rings (SSSR count). The van der Waals surface area contributed by atoms with Gasteiger partial charge < -0.3 is 5.32 Å². The van der Waals surface area contributed by atoms with E-state index in [1.54, 1.807) is 36.1 Å². The number of hydrogen-bond donors (Lipinski definition) is 1. The van der Waals surface area contributed by atoms with E-state index in [0.29, 0.717) is 17.7 Å². The topological polar surface area (TPSA) is 81.8 Å². The highest BCUT2D eigenvalue weighted by Gasteiger charge is 2.17. The maximum Gasteiger partial charge on any atom is 0.280 e. The number of carbonyl (C=O) groups excluding carboxylic acids is 1. The van der Waals surface area contributed by atoms with Crippen molar-refractivity contribution in [1.82, 2.24) is 19.6 Å². The third-order valence-corrected chi connectivity index (χ3v) is 4.32. The Bertz CT molecular complexity index is 1230. The van der Waals surface area contributed by atoms with Crippen molar-refractivity contribution in [3.63, 3.8) is 0 Å². The van der Waals surface area contributed by atoms with Crippen molar-refractivity contribution in [3.8, 4) is 0 Å². The van der Waals surface area contributed by atoms with Crippen LogP contribution in [0.4, 0.5) is 10.1 Å². The van der Waals surface area contributed by atoms with E-state index in [2.05, 4.69) is 15.5 Å². The predicted molar refractivity (Wildman–Crippen MR) is 103 cm³/mol. The van der Waals surface area contributed by atoms with Gasteiger partial charge in [-0.2, -0.15) is 10.2 Å². The fourth-order valence-corrected chi connectivity index (χ4v) is 3.02. The van der Waals surface area contributed by atoms with Crippen LogP contribution in [0, 0.1) is 5.82 Å². The van der Waals surface area contributed by atoms with Gasteiger partial charge >= 0.3 is 0 Å². The highest BCUT2D eigenvalue weighted by Crippen LogP contribution is 2.14. The molecule has 0 bridgehead atoms. The molecule has 0 saturated carbocycles. The summed E-state index contributed by atoms with van der Waals surface area (Å²) in [6.07, 6.45) is 3.53. The molecule has 0 aliphatic heterocycles. The Morgan fingerprint density at radius 3 is 2.82 bits per heavy atom. The number of halogens is 1. The van der Waals surface area contributed by atoms with Crippen LogP contribution in [0.5, 0.6) is 0 Å². The minimum atomic E-state index is -0.650. The van der Waals surface area contributed by atoms with Crippen LogP contribution in [-0.2, 0) is 13.6 Å². The van der Waals surface area contributed by atoms with Crippen LogP contribution in [0.25, 0.3) is 10.9 Å². The van der Waals surface area contributed by atoms with Crippen LogP contribution in [0.1, 0.15) is 16.1 Å². The van der Waals surface area contributed by atoms with E-state index in [1.807, 2.05) is 18.3 Å². The van der Waals surface area contributed by atoms with E-state index in [9.17, 15) is 14.0 Å². The Labute approximate surface area is 159 Å². The monoisotopic (exact) mass is 377 g/mol. The number of nitrogens with zero attached hydrogens (tertiary/aromatic N) is 4. The number of rotatable bonds is 4. The third-order valence-electron chi connectivity index (χ3n) is 4.32. The molecule has 2 heterocycles. The molecule has 0 aliphatic carbocycles. The van der Waals surface area contributed by atoms with Crippen LogP contribution < -0.4 is 10.7 Å². The fraction of sp³-hybridized carbons (Fsp3) is 0.100. The average molecular weight is 377 g/mol. The lowest BCUT2D eigenvalue weighted by Gasteiger charge is -2.10. The summed E-state index contributed by atoms with van der Waals surface area (Å²) in [4.78, 5) is 25.3. The van der Waals surface area contributed by atoms with Gasteiger partial charge in [0, 0.05) is 25.1 Å². The molecule has 7 nitrogen and oxygen atoms in total. The van der Waals surface area contributed by atoms with Crippen LogP contribution in [0.15, 0.2) is 65.7 Å². The Morgan fingerprint density at radius 2 is 2.04 bits per heavy atom. The molecule has 0 saturated heterocycles. The minimum Gasteiger partial charge on any atom is -0.320 e. The van der Waals surface area contributed by atoms with Crippen molar-refractivity contribution >= 4 is 22.5 Å². The molecule has 0 aliphatic rings. The first kappa shape index (κ1) is 17.6. The van der Waals surface area contributed by atoms with E-state index in [-0.39, 0.29) is 11.1 Å². The summed E-state index contributed by atoms with van der Waals surface area (Å²) in [5.41, 5.74) is 1.00. The maximum atomic E-state index is 13.6. The van der Waals surface area contributed by atoms with Gasteiger partial charge in [0.15, 0.2) is 5.69 Å². The molecular weight excluding hydrogens is 361 g/mol. The molecule has 8 heteroatoms. The number of carbonyl (C=O) groups is 1. The lowest BCUT2D eigenvalue weighted by molar-refractivity contribution is 0.101. The second-order valence-corrected chi connectivity index (χ2v) is 6.32. The molecule has 0 spiro atoms. The molecule has 4 aromatic rings. The van der Waals surface area contributed by atoms with Crippen molar-refractivity contribution in [1.29, 1.82) is 0 Å². The van der Waals surface area contributed by atoms with Gasteiger partial charge in [-0.1, -0.05) is 12.1 Å². The fourth-order valence-electron chi connectivity index (χ4n) is 3.02. The van der Waals surface area contributed by atoms with Gasteiger partial charge in [0.05, 0.1) is 17.4 Å². The van der Waals surface area contributed by atoms with Crippen molar-refractivity contribution in [2.45, 2.75) is 6.54 Å². The molecule has 0 fully saturated rings. The van der Waals surface area contributed by atoms with Crippen molar-refractivity contribution < 1.29 is 9.18 Å². The van der Waals surface area contributed by atoms with Gasteiger partial charge in [0.2, 0.25) is 5.43 Å². The summed E-state index contributed by atoms with van der Waals surface area (Å²) in [5, 5.41) is 11.0. The van der Waals surface area contributed by atoms with Gasteiger partial charge in [-0.05, 0) is 42.0 Å². The molecule has 1 amide bonds. The first-order valence-electron chi connectivity index (χ1n) is 8.55. The first-order valence-corrected chi connectivity index (χ1v) is 8.55. The SMILES string of the molecule is Cn1nc(C(=O)Nc2cccc(Cn3cccn3)c2)c(=O)c2cc(F)ccc21. The quantitative estimate of drug-likeness (QED) is 0.593. The molecule has 0 atom stereocenters. The number of amides is 1. The largest absolute Gasteiger partial charge is 0.320 e. The van der Waals surface area contributed by atoms with Crippen LogP contribution in [0.3, 0.4) is 0 Å². The predicted octanol–water partition coefficient (Wildman–Crippen LogP) is 2.57. The third kappa shape index (κ3) is 3.39. The number of aromatic nitrogens is 4. The van der Waals surface area contributed by atoms with E-state index in [4.69, 9.17) is 0 Å². The number of nitrogens with one attached hydrogen (secondary N) is 1. The van der Waals surface area contributed by atoms with E-state index < -0.39 is 17.2 Å². The zero-order valence-corrected chi connectivity index (χ0v) is 15.0. The summed E-state index contributed by atoms with van der Waals surface area (Å²) in [6.45, 7) is 0.548.